The van der Waals surface area contributed by atoms with E-state index in [4.69, 9.17) is 10.5 Å². The predicted molar refractivity (Wildman–Crippen MR) is 126 cm³/mol. The molecule has 31 heavy (non-hydrogen) atoms. The predicted octanol–water partition coefficient (Wildman–Crippen LogP) is 1.95. The molecule has 1 aromatic heterocycles. The Hall–Kier alpha value is -2.92. The third-order valence-corrected chi connectivity index (χ3v) is 5.39. The average molecular weight is 447 g/mol. The van der Waals surface area contributed by atoms with Gasteiger partial charge in [0, 0.05) is 37.3 Å². The van der Waals surface area contributed by atoms with E-state index in [1.54, 1.807) is 25.1 Å². The molecule has 1 rings (SSSR count). The number of guanidine groups is 2. The lowest BCUT2D eigenvalue weighted by atomic mass is 10.1. The highest BCUT2D eigenvalue weighted by Crippen LogP contribution is 2.12. The van der Waals surface area contributed by atoms with Crippen molar-refractivity contribution < 1.29 is 0 Å². The van der Waals surface area contributed by atoms with Crippen molar-refractivity contribution in [2.24, 2.45) is 9.98 Å². The van der Waals surface area contributed by atoms with Crippen molar-refractivity contribution in [1.29, 1.82) is 10.5 Å². The Morgan fingerprint density at radius 2 is 1.65 bits per heavy atom. The molecule has 0 atom stereocenters. The maximum Gasteiger partial charge on any atom is 0.204 e. The lowest BCUT2D eigenvalue weighted by molar-refractivity contribution is 0.584. The zero-order valence-corrected chi connectivity index (χ0v) is 19.3. The fourth-order valence-corrected chi connectivity index (χ4v) is 3.57. The molecule has 0 amide bonds. The van der Waals surface area contributed by atoms with Crippen LogP contribution in [-0.4, -0.2) is 54.3 Å². The topological polar surface area (TPSA) is 149 Å². The second kappa shape index (κ2) is 17.9. The molecule has 1 heterocycles. The van der Waals surface area contributed by atoms with E-state index in [0.29, 0.717) is 18.5 Å². The molecule has 0 unspecified atom stereocenters. The average Bonchev–Trinajstić information content (AvgIpc) is 3.18. The standard InChI is InChI=1S/C20H34N10S/c1-17-18(30-16-29-17)13-31-12-11-26-20(28-15-22)25-10-8-6-4-3-5-7-9-24-19(23-2)27-14-21/h16H,3-13H2,1-2H3,(H,29,30)(H2,23,24,27)(H2,25,26,28). The fourth-order valence-electron chi connectivity index (χ4n) is 2.72. The van der Waals surface area contributed by atoms with Gasteiger partial charge in [0.1, 0.15) is 0 Å². The van der Waals surface area contributed by atoms with Gasteiger partial charge in [0.2, 0.25) is 11.9 Å². The summed E-state index contributed by atoms with van der Waals surface area (Å²) in [6.07, 6.45) is 12.2. The van der Waals surface area contributed by atoms with Crippen LogP contribution in [0.1, 0.15) is 49.9 Å². The Bertz CT molecular complexity index is 744. The molecule has 11 heteroatoms. The number of nitriles is 2. The van der Waals surface area contributed by atoms with Crippen molar-refractivity contribution >= 4 is 23.7 Å². The van der Waals surface area contributed by atoms with E-state index in [9.17, 15) is 0 Å². The molecule has 0 saturated carbocycles. The van der Waals surface area contributed by atoms with Crippen LogP contribution in [-0.2, 0) is 5.75 Å². The van der Waals surface area contributed by atoms with Crippen LogP contribution in [0.25, 0.3) is 0 Å². The van der Waals surface area contributed by atoms with E-state index >= 15 is 0 Å². The van der Waals surface area contributed by atoms with Crippen molar-refractivity contribution in [3.63, 3.8) is 0 Å². The number of nitrogens with one attached hydrogen (secondary N) is 5. The van der Waals surface area contributed by atoms with Crippen molar-refractivity contribution in [2.75, 3.05) is 32.4 Å². The summed E-state index contributed by atoms with van der Waals surface area (Å²) in [5.41, 5.74) is 2.18. The normalized spacial score (nSPS) is 11.5. The monoisotopic (exact) mass is 446 g/mol. The van der Waals surface area contributed by atoms with Crippen molar-refractivity contribution in [2.45, 2.75) is 51.2 Å². The summed E-state index contributed by atoms with van der Waals surface area (Å²) < 4.78 is 0. The van der Waals surface area contributed by atoms with Crippen LogP contribution >= 0.6 is 11.8 Å². The summed E-state index contributed by atoms with van der Waals surface area (Å²) >= 11 is 1.78. The number of hydrogen-bond acceptors (Lipinski definition) is 6. The van der Waals surface area contributed by atoms with E-state index < -0.39 is 0 Å². The van der Waals surface area contributed by atoms with E-state index in [0.717, 1.165) is 61.7 Å². The van der Waals surface area contributed by atoms with E-state index in [1.807, 2.05) is 19.3 Å². The third kappa shape index (κ3) is 13.1. The van der Waals surface area contributed by atoms with Gasteiger partial charge in [-0.3, -0.25) is 20.6 Å². The maximum absolute atomic E-state index is 8.89. The van der Waals surface area contributed by atoms with Crippen LogP contribution in [0.3, 0.4) is 0 Å². The van der Waals surface area contributed by atoms with Crippen LogP contribution in [0.4, 0.5) is 0 Å². The number of aromatic amines is 1. The number of aryl methyl sites for hydroxylation is 1. The van der Waals surface area contributed by atoms with E-state index in [-0.39, 0.29) is 0 Å². The number of aromatic nitrogens is 2. The number of nitrogens with zero attached hydrogens (tertiary/aromatic N) is 5. The Kier molecular flexibility index (Phi) is 15.1. The smallest absolute Gasteiger partial charge is 0.204 e. The van der Waals surface area contributed by atoms with Crippen molar-refractivity contribution in [3.8, 4) is 12.4 Å². The number of aliphatic imine (C=N–C) groups is 2. The molecule has 5 N–H and O–H groups in total. The zero-order chi connectivity index (χ0) is 22.6. The molecule has 0 aliphatic carbocycles. The van der Waals surface area contributed by atoms with Crippen LogP contribution < -0.4 is 21.3 Å². The summed E-state index contributed by atoms with van der Waals surface area (Å²) in [6, 6.07) is 0. The Morgan fingerprint density at radius 1 is 1.03 bits per heavy atom. The first-order valence-electron chi connectivity index (χ1n) is 10.6. The van der Waals surface area contributed by atoms with Crippen LogP contribution in [0.2, 0.25) is 0 Å². The molecule has 0 bridgehead atoms. The summed E-state index contributed by atoms with van der Waals surface area (Å²) in [7, 11) is 1.64. The van der Waals surface area contributed by atoms with Crippen LogP contribution in [0.15, 0.2) is 16.3 Å². The molecule has 0 aromatic carbocycles. The molecule has 10 nitrogen and oxygen atoms in total. The number of unbranched alkanes of at least 4 members (excludes halogenated alkanes) is 5. The quantitative estimate of drug-likeness (QED) is 0.0957. The largest absolute Gasteiger partial charge is 0.356 e. The minimum absolute atomic E-state index is 0.517. The molecule has 0 spiro atoms. The number of hydrogen-bond donors (Lipinski definition) is 5. The zero-order valence-electron chi connectivity index (χ0n) is 18.5. The van der Waals surface area contributed by atoms with Gasteiger partial charge >= 0.3 is 0 Å². The molecule has 0 aliphatic heterocycles. The second-order valence-electron chi connectivity index (χ2n) is 6.78. The highest BCUT2D eigenvalue weighted by molar-refractivity contribution is 7.98. The van der Waals surface area contributed by atoms with Crippen molar-refractivity contribution in [3.05, 3.63) is 17.7 Å². The lowest BCUT2D eigenvalue weighted by Crippen LogP contribution is -2.35. The van der Waals surface area contributed by atoms with Gasteiger partial charge in [-0.15, -0.1) is 0 Å². The second-order valence-corrected chi connectivity index (χ2v) is 7.88. The first kappa shape index (κ1) is 26.1. The van der Waals surface area contributed by atoms with E-state index in [2.05, 4.69) is 41.2 Å². The molecule has 0 radical (unpaired) electrons. The molecule has 1 aromatic rings. The van der Waals surface area contributed by atoms with Gasteiger partial charge in [-0.1, -0.05) is 25.7 Å². The number of thioether (sulfide) groups is 1. The summed E-state index contributed by atoms with van der Waals surface area (Å²) in [6.45, 7) is 4.27. The summed E-state index contributed by atoms with van der Waals surface area (Å²) in [5, 5.41) is 28.9. The molecular weight excluding hydrogens is 412 g/mol. The molecule has 0 aliphatic rings. The van der Waals surface area contributed by atoms with Gasteiger partial charge in [-0.05, 0) is 19.8 Å². The summed E-state index contributed by atoms with van der Waals surface area (Å²) in [5.74, 6) is 2.80. The molecule has 0 saturated heterocycles. The minimum atomic E-state index is 0.517. The lowest BCUT2D eigenvalue weighted by Gasteiger charge is -2.08. The number of imidazole rings is 1. The van der Waals surface area contributed by atoms with Gasteiger partial charge < -0.3 is 15.6 Å². The SMILES string of the molecule is C/N=C(/NC#N)NCCCCCCCCN/C(=N\CCSCc1nc[nH]c1C)NC#N. The minimum Gasteiger partial charge on any atom is -0.356 e. The molecule has 0 fully saturated rings. The van der Waals surface area contributed by atoms with E-state index in [1.165, 1.54) is 12.8 Å². The van der Waals surface area contributed by atoms with Gasteiger partial charge in [0.15, 0.2) is 12.4 Å². The number of rotatable bonds is 14. The van der Waals surface area contributed by atoms with Gasteiger partial charge in [0.05, 0.1) is 18.6 Å². The first-order valence-corrected chi connectivity index (χ1v) is 11.7. The van der Waals surface area contributed by atoms with Gasteiger partial charge in [-0.2, -0.15) is 22.3 Å². The fraction of sp³-hybridized carbons (Fsp3) is 0.650. The van der Waals surface area contributed by atoms with Gasteiger partial charge in [-0.25, -0.2) is 4.98 Å². The number of H-pyrrole nitrogens is 1. The first-order chi connectivity index (χ1) is 15.2. The Morgan fingerprint density at radius 3 is 2.23 bits per heavy atom. The Labute approximate surface area is 189 Å². The summed E-state index contributed by atoms with van der Waals surface area (Å²) in [4.78, 5) is 15.7. The van der Waals surface area contributed by atoms with Crippen LogP contribution in [0.5, 0.6) is 0 Å². The van der Waals surface area contributed by atoms with Crippen LogP contribution in [0, 0.1) is 29.8 Å². The highest BCUT2D eigenvalue weighted by Gasteiger charge is 2.01. The van der Waals surface area contributed by atoms with Gasteiger partial charge in [0.25, 0.3) is 0 Å². The van der Waals surface area contributed by atoms with Crippen molar-refractivity contribution in [1.82, 2.24) is 31.2 Å². The molecule has 170 valence electrons. The highest BCUT2D eigenvalue weighted by atomic mass is 32.2. The third-order valence-electron chi connectivity index (χ3n) is 4.44. The Balaban J connectivity index is 2.03. The molecular formula is C20H34N10S. The maximum atomic E-state index is 8.89.